The molecule has 0 saturated carbocycles. The van der Waals surface area contributed by atoms with Crippen LogP contribution in [0.2, 0.25) is 0 Å². The molecule has 0 radical (unpaired) electrons. The number of aliphatic hydroxyl groups excluding tert-OH is 3. The number of hydrogen-bond acceptors (Lipinski definition) is 11. The Kier molecular flexibility index (Phi) is 50.8. The Labute approximate surface area is 461 Å². The van der Waals surface area contributed by atoms with Crippen LogP contribution < -0.4 is 0 Å². The van der Waals surface area contributed by atoms with Crippen LogP contribution in [0.25, 0.3) is 0 Å². The quantitative estimate of drug-likeness (QED) is 0.0196. The van der Waals surface area contributed by atoms with Crippen LogP contribution in [0.5, 0.6) is 0 Å². The summed E-state index contributed by atoms with van der Waals surface area (Å²) in [6, 6.07) is 0. The van der Waals surface area contributed by atoms with Gasteiger partial charge in [0.1, 0.15) is 30.5 Å². The molecule has 0 bridgehead atoms. The van der Waals surface area contributed by atoms with Gasteiger partial charge < -0.3 is 34.3 Å². The number of aliphatic hydroxyl groups is 3. The van der Waals surface area contributed by atoms with Crippen LogP contribution in [-0.2, 0) is 38.3 Å². The number of hydrogen-bond donors (Lipinski definition) is 4. The van der Waals surface area contributed by atoms with Gasteiger partial charge in [-0.05, 0) is 44.9 Å². The van der Waals surface area contributed by atoms with E-state index in [-0.39, 0.29) is 19.6 Å². The Hall–Kier alpha value is -1.42. The maximum atomic E-state index is 13.0. The van der Waals surface area contributed by atoms with Gasteiger partial charge in [-0.1, -0.05) is 276 Å². The highest BCUT2D eigenvalue weighted by Gasteiger charge is 2.48. The van der Waals surface area contributed by atoms with Crippen molar-refractivity contribution in [1.82, 2.24) is 0 Å². The molecule has 4 N–H and O–H groups in total. The van der Waals surface area contributed by atoms with Gasteiger partial charge in [0, 0.05) is 13.0 Å². The molecule has 0 amide bonds. The third kappa shape index (κ3) is 46.1. The zero-order valence-corrected chi connectivity index (χ0v) is 49.2. The van der Waals surface area contributed by atoms with Crippen molar-refractivity contribution in [3.63, 3.8) is 0 Å². The van der Waals surface area contributed by atoms with Crippen molar-refractivity contribution in [2.45, 2.75) is 340 Å². The largest absolute Gasteiger partial charge is 0.457 e. The van der Waals surface area contributed by atoms with Crippen LogP contribution in [0.3, 0.4) is 0 Å². The summed E-state index contributed by atoms with van der Waals surface area (Å²) in [6.45, 7) is 4.06. The average Bonchev–Trinajstić information content (AvgIpc) is 3.39. The van der Waals surface area contributed by atoms with E-state index in [0.717, 1.165) is 44.9 Å². The molecule has 1 aliphatic heterocycles. The minimum atomic E-state index is -5.07. The van der Waals surface area contributed by atoms with Crippen molar-refractivity contribution in [1.29, 1.82) is 0 Å². The molecule has 1 heterocycles. The van der Waals surface area contributed by atoms with E-state index in [2.05, 4.69) is 42.3 Å². The standard InChI is InChI=1S/C62H118O12S/c1-3-5-7-9-11-13-15-17-19-21-23-25-27-28-30-32-34-36-38-40-42-44-46-48-50-52-70-54-56(55-71-62-60(66)61(74-75(67,68)69)59(65)57(53-63)73-62)72-58(64)51-49-47-45-43-41-39-37-35-33-31-29-26-24-22-20-18-16-14-12-10-8-6-4-2/h16,18,22,24,56-57,59-63,65-66H,3-15,17,19-21,23,25-55H2,1-2H3,(H,67,68,69)/b18-16-,24-22-. The van der Waals surface area contributed by atoms with Gasteiger partial charge in [0.15, 0.2) is 6.29 Å². The van der Waals surface area contributed by atoms with E-state index < -0.39 is 59.8 Å². The summed E-state index contributed by atoms with van der Waals surface area (Å²) < 4.78 is 59.6. The highest BCUT2D eigenvalue weighted by Crippen LogP contribution is 2.26. The third-order valence-electron chi connectivity index (χ3n) is 14.8. The molecule has 1 fully saturated rings. The van der Waals surface area contributed by atoms with Gasteiger partial charge in [-0.3, -0.25) is 9.35 Å². The Morgan fingerprint density at radius 3 is 1.27 bits per heavy atom. The monoisotopic (exact) mass is 1090 g/mol. The number of esters is 1. The van der Waals surface area contributed by atoms with Crippen LogP contribution >= 0.6 is 0 Å². The summed E-state index contributed by atoms with van der Waals surface area (Å²) in [6.07, 6.45) is 56.5. The fraction of sp³-hybridized carbons (Fsp3) is 0.919. The van der Waals surface area contributed by atoms with Crippen LogP contribution in [0.15, 0.2) is 24.3 Å². The number of ether oxygens (including phenoxy) is 4. The molecule has 0 aromatic carbocycles. The lowest BCUT2D eigenvalue weighted by Gasteiger charge is -2.41. The minimum Gasteiger partial charge on any atom is -0.457 e. The first-order valence-corrected chi connectivity index (χ1v) is 33.0. The molecule has 0 spiro atoms. The van der Waals surface area contributed by atoms with Crippen molar-refractivity contribution >= 4 is 16.4 Å². The fourth-order valence-corrected chi connectivity index (χ4v) is 10.6. The SMILES string of the molecule is CCCCCCC/C=C\C/C=C\CCCCCCCCCCCCCC(=O)OC(COCCCCCCCCCCCCCCCCCCCCCCCCCCC)COC1OC(CO)C(O)C(OS(=O)(=O)O)C1O. The smallest absolute Gasteiger partial charge is 0.397 e. The molecule has 12 nitrogen and oxygen atoms in total. The molecule has 0 aromatic rings. The van der Waals surface area contributed by atoms with E-state index in [9.17, 15) is 33.1 Å². The lowest BCUT2D eigenvalue weighted by atomic mass is 9.99. The Balaban J connectivity index is 2.24. The van der Waals surface area contributed by atoms with E-state index in [1.54, 1.807) is 0 Å². The number of carbonyl (C=O) groups excluding carboxylic acids is 1. The van der Waals surface area contributed by atoms with Crippen molar-refractivity contribution in [3.05, 3.63) is 24.3 Å². The van der Waals surface area contributed by atoms with Gasteiger partial charge in [-0.15, -0.1) is 0 Å². The molecule has 444 valence electrons. The normalized spacial score (nSPS) is 18.7. The van der Waals surface area contributed by atoms with Gasteiger partial charge in [0.25, 0.3) is 0 Å². The maximum absolute atomic E-state index is 13.0. The predicted molar refractivity (Wildman–Crippen MR) is 308 cm³/mol. The number of rotatable bonds is 57. The average molecular weight is 1090 g/mol. The van der Waals surface area contributed by atoms with Gasteiger partial charge >= 0.3 is 16.4 Å². The number of unbranched alkanes of at least 4 members (excludes halogenated alkanes) is 40. The summed E-state index contributed by atoms with van der Waals surface area (Å²) in [5, 5.41) is 30.9. The zero-order chi connectivity index (χ0) is 54.6. The molecule has 6 unspecified atom stereocenters. The Bertz CT molecular complexity index is 1390. The first kappa shape index (κ1) is 71.6. The topological polar surface area (TPSA) is 178 Å². The van der Waals surface area contributed by atoms with Crippen molar-refractivity contribution in [3.8, 4) is 0 Å². The van der Waals surface area contributed by atoms with Crippen LogP contribution in [-0.4, -0.2) is 97.5 Å². The lowest BCUT2D eigenvalue weighted by Crippen LogP contribution is -2.60. The summed E-state index contributed by atoms with van der Waals surface area (Å²) in [5.74, 6) is -0.394. The molecular formula is C62H118O12S. The first-order valence-electron chi connectivity index (χ1n) is 31.6. The Morgan fingerprint density at radius 2 is 0.880 bits per heavy atom. The van der Waals surface area contributed by atoms with E-state index in [1.807, 2.05) is 0 Å². The van der Waals surface area contributed by atoms with Crippen LogP contribution in [0, 0.1) is 0 Å². The molecule has 6 atom stereocenters. The molecule has 75 heavy (non-hydrogen) atoms. The van der Waals surface area contributed by atoms with Crippen molar-refractivity contribution in [2.75, 3.05) is 26.4 Å². The predicted octanol–water partition coefficient (Wildman–Crippen LogP) is 16.3. The molecular weight excluding hydrogens is 969 g/mol. The van der Waals surface area contributed by atoms with Crippen molar-refractivity contribution < 1.29 is 56.2 Å². The maximum Gasteiger partial charge on any atom is 0.397 e. The van der Waals surface area contributed by atoms with Crippen LogP contribution in [0.1, 0.15) is 303 Å². The second-order valence-electron chi connectivity index (χ2n) is 22.0. The minimum absolute atomic E-state index is 0.0409. The zero-order valence-electron chi connectivity index (χ0n) is 48.4. The summed E-state index contributed by atoms with van der Waals surface area (Å²) >= 11 is 0. The summed E-state index contributed by atoms with van der Waals surface area (Å²) in [4.78, 5) is 13.0. The van der Waals surface area contributed by atoms with Gasteiger partial charge in [-0.25, -0.2) is 4.18 Å². The van der Waals surface area contributed by atoms with Gasteiger partial charge in [0.05, 0.1) is 19.8 Å². The second-order valence-corrected chi connectivity index (χ2v) is 23.1. The molecule has 1 aliphatic rings. The third-order valence-corrected chi connectivity index (χ3v) is 15.3. The van der Waals surface area contributed by atoms with E-state index >= 15 is 0 Å². The van der Waals surface area contributed by atoms with Gasteiger partial charge in [0.2, 0.25) is 0 Å². The lowest BCUT2D eigenvalue weighted by molar-refractivity contribution is -0.301. The molecule has 0 aliphatic carbocycles. The molecule has 0 aromatic heterocycles. The van der Waals surface area contributed by atoms with E-state index in [4.69, 9.17) is 18.9 Å². The van der Waals surface area contributed by atoms with Gasteiger partial charge in [-0.2, -0.15) is 8.42 Å². The summed E-state index contributed by atoms with van der Waals surface area (Å²) in [7, 11) is -5.07. The Morgan fingerprint density at radius 1 is 0.507 bits per heavy atom. The van der Waals surface area contributed by atoms with Crippen LogP contribution in [0.4, 0.5) is 0 Å². The van der Waals surface area contributed by atoms with Crippen molar-refractivity contribution in [2.24, 2.45) is 0 Å². The van der Waals surface area contributed by atoms with E-state index in [1.165, 1.54) is 231 Å². The highest BCUT2D eigenvalue weighted by molar-refractivity contribution is 7.80. The second kappa shape index (κ2) is 53.2. The summed E-state index contributed by atoms with van der Waals surface area (Å²) in [5.41, 5.74) is 0. The molecule has 1 saturated heterocycles. The van der Waals surface area contributed by atoms with E-state index in [0.29, 0.717) is 13.0 Å². The number of allylic oxidation sites excluding steroid dienone is 4. The number of carbonyl (C=O) groups is 1. The highest BCUT2D eigenvalue weighted by atomic mass is 32.3. The fourth-order valence-electron chi connectivity index (χ4n) is 10.1. The molecule has 13 heteroatoms. The first-order chi connectivity index (χ1) is 36.6. The molecule has 1 rings (SSSR count).